The molecule has 0 fully saturated rings. The van der Waals surface area contributed by atoms with Gasteiger partial charge in [0.1, 0.15) is 5.69 Å². The first kappa shape index (κ1) is 16.5. The van der Waals surface area contributed by atoms with E-state index >= 15 is 0 Å². The van der Waals surface area contributed by atoms with Crippen LogP contribution in [0, 0.1) is 6.92 Å². The lowest BCUT2D eigenvalue weighted by Crippen LogP contribution is -2.25. The van der Waals surface area contributed by atoms with Crippen LogP contribution in [0.25, 0.3) is 0 Å². The smallest absolute Gasteiger partial charge is 0.269 e. The molecule has 1 amide bonds. The fourth-order valence-corrected chi connectivity index (χ4v) is 2.57. The summed E-state index contributed by atoms with van der Waals surface area (Å²) >= 11 is 3.54. The van der Waals surface area contributed by atoms with Crippen molar-refractivity contribution >= 4 is 33.2 Å². The lowest BCUT2D eigenvalue weighted by molar-refractivity contribution is 0.0948. The molecule has 0 radical (unpaired) electrons. The van der Waals surface area contributed by atoms with Gasteiger partial charge in [-0.05, 0) is 59.1 Å². The summed E-state index contributed by atoms with van der Waals surface area (Å²) < 4.78 is 0.984. The van der Waals surface area contributed by atoms with Gasteiger partial charge in [0.25, 0.3) is 5.91 Å². The number of hydrogen-bond donors (Lipinski definition) is 2. The molecule has 0 aliphatic rings. The van der Waals surface area contributed by atoms with E-state index in [4.69, 9.17) is 0 Å². The summed E-state index contributed by atoms with van der Waals surface area (Å²) in [6.45, 7) is 4.81. The van der Waals surface area contributed by atoms with E-state index in [1.165, 1.54) is 5.56 Å². The van der Waals surface area contributed by atoms with Crippen molar-refractivity contribution < 1.29 is 4.79 Å². The van der Waals surface area contributed by atoms with E-state index in [1.54, 1.807) is 12.3 Å². The van der Waals surface area contributed by atoms with Crippen LogP contribution in [0.2, 0.25) is 0 Å². The number of carbonyl (C=O) groups excluding carboxylic acids is 1. The molecule has 116 valence electrons. The number of amides is 1. The summed E-state index contributed by atoms with van der Waals surface area (Å²) in [4.78, 5) is 16.2. The summed E-state index contributed by atoms with van der Waals surface area (Å²) in [7, 11) is 0. The Morgan fingerprint density at radius 1 is 1.27 bits per heavy atom. The van der Waals surface area contributed by atoms with E-state index in [0.29, 0.717) is 12.2 Å². The molecule has 0 spiro atoms. The second-order valence-electron chi connectivity index (χ2n) is 5.15. The van der Waals surface area contributed by atoms with Crippen molar-refractivity contribution in [3.63, 3.8) is 0 Å². The highest BCUT2D eigenvalue weighted by molar-refractivity contribution is 9.10. The van der Waals surface area contributed by atoms with Crippen molar-refractivity contribution in [2.45, 2.75) is 26.7 Å². The Labute approximate surface area is 139 Å². The first-order valence-corrected chi connectivity index (χ1v) is 8.17. The molecule has 0 aliphatic carbocycles. The number of anilines is 2. The van der Waals surface area contributed by atoms with E-state index in [2.05, 4.69) is 38.5 Å². The van der Waals surface area contributed by atoms with Crippen molar-refractivity contribution in [3.8, 4) is 0 Å². The topological polar surface area (TPSA) is 54.0 Å². The fourth-order valence-electron chi connectivity index (χ4n) is 1.98. The highest BCUT2D eigenvalue weighted by Crippen LogP contribution is 2.26. The minimum Gasteiger partial charge on any atom is -0.354 e. The second kappa shape index (κ2) is 7.94. The summed E-state index contributed by atoms with van der Waals surface area (Å²) in [5.74, 6) is -0.139. The Bertz CT molecular complexity index is 658. The van der Waals surface area contributed by atoms with Crippen molar-refractivity contribution in [1.82, 2.24) is 10.3 Å². The van der Waals surface area contributed by atoms with Crippen molar-refractivity contribution in [1.29, 1.82) is 0 Å². The largest absolute Gasteiger partial charge is 0.354 e. The van der Waals surface area contributed by atoms with Crippen molar-refractivity contribution in [3.05, 3.63) is 52.3 Å². The Hall–Kier alpha value is -1.88. The standard InChI is InChI=1S/C17H20BrN3O/c1-3-4-8-20-17(22)16-11-13(7-9-19-16)21-15-6-5-12(2)10-14(15)18/h5-7,9-11H,3-4,8H2,1-2H3,(H,19,21)(H,20,22). The highest BCUT2D eigenvalue weighted by atomic mass is 79.9. The molecule has 0 bridgehead atoms. The maximum atomic E-state index is 12.0. The number of aryl methyl sites for hydroxylation is 1. The summed E-state index contributed by atoms with van der Waals surface area (Å²) in [5, 5.41) is 6.17. The molecule has 22 heavy (non-hydrogen) atoms. The van der Waals surface area contributed by atoms with Gasteiger partial charge in [-0.15, -0.1) is 0 Å². The monoisotopic (exact) mass is 361 g/mol. The fraction of sp³-hybridized carbons (Fsp3) is 0.294. The molecule has 2 N–H and O–H groups in total. The molecule has 1 aromatic heterocycles. The first-order chi connectivity index (χ1) is 10.6. The molecule has 0 saturated carbocycles. The quantitative estimate of drug-likeness (QED) is 0.748. The van der Waals surface area contributed by atoms with Gasteiger partial charge in [-0.2, -0.15) is 0 Å². The second-order valence-corrected chi connectivity index (χ2v) is 6.00. The van der Waals surface area contributed by atoms with Gasteiger partial charge in [0.05, 0.1) is 5.69 Å². The molecule has 4 nitrogen and oxygen atoms in total. The number of rotatable bonds is 6. The first-order valence-electron chi connectivity index (χ1n) is 7.37. The van der Waals surface area contributed by atoms with Crippen LogP contribution in [-0.4, -0.2) is 17.4 Å². The van der Waals surface area contributed by atoms with Crippen LogP contribution in [0.4, 0.5) is 11.4 Å². The number of benzene rings is 1. The van der Waals surface area contributed by atoms with Crippen LogP contribution in [0.3, 0.4) is 0 Å². The maximum Gasteiger partial charge on any atom is 0.269 e. The Kier molecular flexibility index (Phi) is 5.95. The molecule has 0 atom stereocenters. The number of unbranched alkanes of at least 4 members (excludes halogenated alkanes) is 1. The normalized spacial score (nSPS) is 10.3. The number of halogens is 1. The van der Waals surface area contributed by atoms with Gasteiger partial charge in [0.15, 0.2) is 0 Å². The van der Waals surface area contributed by atoms with Crippen LogP contribution in [-0.2, 0) is 0 Å². The predicted octanol–water partition coefficient (Wildman–Crippen LogP) is 4.43. The predicted molar refractivity (Wildman–Crippen MR) is 93.6 cm³/mol. The summed E-state index contributed by atoms with van der Waals surface area (Å²) in [6.07, 6.45) is 3.66. The van der Waals surface area contributed by atoms with E-state index in [1.807, 2.05) is 31.2 Å². The Morgan fingerprint density at radius 3 is 2.82 bits per heavy atom. The zero-order chi connectivity index (χ0) is 15.9. The van der Waals surface area contributed by atoms with Crippen LogP contribution in [0.15, 0.2) is 41.0 Å². The number of carbonyl (C=O) groups is 1. The molecule has 0 aliphatic heterocycles. The number of aromatic nitrogens is 1. The highest BCUT2D eigenvalue weighted by Gasteiger charge is 2.08. The van der Waals surface area contributed by atoms with Crippen molar-refractivity contribution in [2.24, 2.45) is 0 Å². The van der Waals surface area contributed by atoms with Gasteiger partial charge >= 0.3 is 0 Å². The number of pyridine rings is 1. The van der Waals surface area contributed by atoms with Gasteiger partial charge in [-0.3, -0.25) is 9.78 Å². The molecular weight excluding hydrogens is 342 g/mol. The number of nitrogens with zero attached hydrogens (tertiary/aromatic N) is 1. The third-order valence-electron chi connectivity index (χ3n) is 3.21. The van der Waals surface area contributed by atoms with Crippen molar-refractivity contribution in [2.75, 3.05) is 11.9 Å². The molecule has 5 heteroatoms. The molecular formula is C17H20BrN3O. The minimum absolute atomic E-state index is 0.139. The molecule has 0 saturated heterocycles. The molecule has 1 aromatic carbocycles. The average Bonchev–Trinajstić information content (AvgIpc) is 2.50. The molecule has 2 rings (SSSR count). The van der Waals surface area contributed by atoms with E-state index < -0.39 is 0 Å². The van der Waals surface area contributed by atoms with Gasteiger partial charge in [-0.1, -0.05) is 19.4 Å². The lowest BCUT2D eigenvalue weighted by Gasteiger charge is -2.10. The van der Waals surface area contributed by atoms with E-state index in [9.17, 15) is 4.79 Å². The minimum atomic E-state index is -0.139. The van der Waals surface area contributed by atoms with Gasteiger partial charge in [0.2, 0.25) is 0 Å². The van der Waals surface area contributed by atoms with Crippen LogP contribution < -0.4 is 10.6 Å². The van der Waals surface area contributed by atoms with E-state index in [-0.39, 0.29) is 5.91 Å². The van der Waals surface area contributed by atoms with Crippen LogP contribution in [0.5, 0.6) is 0 Å². The Morgan fingerprint density at radius 2 is 2.09 bits per heavy atom. The Balaban J connectivity index is 2.09. The summed E-state index contributed by atoms with van der Waals surface area (Å²) in [6, 6.07) is 9.68. The molecule has 1 heterocycles. The zero-order valence-electron chi connectivity index (χ0n) is 12.8. The maximum absolute atomic E-state index is 12.0. The third kappa shape index (κ3) is 4.56. The number of nitrogens with one attached hydrogen (secondary N) is 2. The summed E-state index contributed by atoms with van der Waals surface area (Å²) in [5.41, 5.74) is 3.39. The average molecular weight is 362 g/mol. The van der Waals surface area contributed by atoms with E-state index in [0.717, 1.165) is 28.7 Å². The number of hydrogen-bond acceptors (Lipinski definition) is 3. The molecule has 2 aromatic rings. The lowest BCUT2D eigenvalue weighted by atomic mass is 10.2. The van der Waals surface area contributed by atoms with Gasteiger partial charge in [-0.25, -0.2) is 0 Å². The third-order valence-corrected chi connectivity index (χ3v) is 3.87. The van der Waals surface area contributed by atoms with Crippen LogP contribution >= 0.6 is 15.9 Å². The SMILES string of the molecule is CCCCNC(=O)c1cc(Nc2ccc(C)cc2Br)ccn1. The zero-order valence-corrected chi connectivity index (χ0v) is 14.4. The van der Waals surface area contributed by atoms with Gasteiger partial charge in [0, 0.05) is 22.9 Å². The molecule has 0 unspecified atom stereocenters. The van der Waals surface area contributed by atoms with Crippen LogP contribution in [0.1, 0.15) is 35.8 Å². The van der Waals surface area contributed by atoms with Gasteiger partial charge < -0.3 is 10.6 Å².